The number of aryl methyl sites for hydroxylation is 1. The molecule has 0 saturated heterocycles. The van der Waals surface area contributed by atoms with E-state index in [-0.39, 0.29) is 5.75 Å². The summed E-state index contributed by atoms with van der Waals surface area (Å²) in [6, 6.07) is 19.6. The number of nitrogens with two attached hydrogens (primary N) is 1. The Bertz CT molecular complexity index is 997. The third kappa shape index (κ3) is 1.69. The van der Waals surface area contributed by atoms with Gasteiger partial charge in [-0.1, -0.05) is 36.4 Å². The zero-order valence-electron chi connectivity index (χ0n) is 12.2. The van der Waals surface area contributed by atoms with Gasteiger partial charge in [0.25, 0.3) is 0 Å². The molecule has 0 aliphatic carbocycles. The van der Waals surface area contributed by atoms with E-state index in [0.717, 1.165) is 33.2 Å². The molecule has 4 rings (SSSR count). The summed E-state index contributed by atoms with van der Waals surface area (Å²) < 4.78 is 2.14. The second-order valence-electron chi connectivity index (χ2n) is 5.55. The van der Waals surface area contributed by atoms with Crippen LogP contribution in [0.1, 0.15) is 0 Å². The van der Waals surface area contributed by atoms with Crippen molar-refractivity contribution in [2.75, 3.05) is 5.73 Å². The molecule has 0 bridgehead atoms. The zero-order valence-corrected chi connectivity index (χ0v) is 12.2. The van der Waals surface area contributed by atoms with Gasteiger partial charge in [0.2, 0.25) is 0 Å². The lowest BCUT2D eigenvalue weighted by molar-refractivity contribution is 0.475. The number of anilines is 1. The first-order valence-corrected chi connectivity index (χ1v) is 7.22. The minimum absolute atomic E-state index is 0.272. The number of aromatic nitrogens is 1. The Labute approximate surface area is 128 Å². The van der Waals surface area contributed by atoms with Crippen molar-refractivity contribution in [3.8, 4) is 16.9 Å². The monoisotopic (exact) mass is 288 g/mol. The van der Waals surface area contributed by atoms with Crippen molar-refractivity contribution in [2.45, 2.75) is 0 Å². The topological polar surface area (TPSA) is 51.2 Å². The third-order valence-corrected chi connectivity index (χ3v) is 4.26. The van der Waals surface area contributed by atoms with Crippen LogP contribution in [0.5, 0.6) is 5.75 Å². The minimum atomic E-state index is 0.272. The molecular formula is C19H16N2O. The number of benzene rings is 3. The molecule has 0 spiro atoms. The molecule has 4 aromatic rings. The molecule has 3 N–H and O–H groups in total. The Hall–Kier alpha value is -2.94. The molecule has 0 fully saturated rings. The quantitative estimate of drug-likeness (QED) is 0.513. The van der Waals surface area contributed by atoms with Crippen LogP contribution >= 0.6 is 0 Å². The summed E-state index contributed by atoms with van der Waals surface area (Å²) in [6.07, 6.45) is 0. The molecular weight excluding hydrogens is 272 g/mol. The smallest absolute Gasteiger partial charge is 0.115 e. The summed E-state index contributed by atoms with van der Waals surface area (Å²) >= 11 is 0. The van der Waals surface area contributed by atoms with E-state index >= 15 is 0 Å². The fourth-order valence-electron chi connectivity index (χ4n) is 3.22. The fourth-order valence-corrected chi connectivity index (χ4v) is 3.22. The molecule has 0 radical (unpaired) electrons. The first-order chi connectivity index (χ1) is 10.7. The highest BCUT2D eigenvalue weighted by Gasteiger charge is 2.15. The summed E-state index contributed by atoms with van der Waals surface area (Å²) in [7, 11) is 2.04. The molecule has 0 aliphatic rings. The maximum Gasteiger partial charge on any atom is 0.115 e. The van der Waals surface area contributed by atoms with Crippen LogP contribution in [-0.2, 0) is 7.05 Å². The lowest BCUT2D eigenvalue weighted by Gasteiger charge is -2.08. The number of nitrogen functional groups attached to an aromatic ring is 1. The molecule has 22 heavy (non-hydrogen) atoms. The predicted octanol–water partition coefficient (Wildman–Crippen LogP) is 4.29. The van der Waals surface area contributed by atoms with Gasteiger partial charge in [-0.2, -0.15) is 0 Å². The van der Waals surface area contributed by atoms with Crippen molar-refractivity contribution < 1.29 is 5.11 Å². The van der Waals surface area contributed by atoms with Crippen LogP contribution in [0.25, 0.3) is 32.9 Å². The molecule has 0 atom stereocenters. The van der Waals surface area contributed by atoms with Gasteiger partial charge in [0.15, 0.2) is 0 Å². The van der Waals surface area contributed by atoms with E-state index in [9.17, 15) is 5.11 Å². The number of hydrogen-bond donors (Lipinski definition) is 2. The normalized spacial score (nSPS) is 11.3. The van der Waals surface area contributed by atoms with Crippen LogP contribution in [0.4, 0.5) is 5.69 Å². The van der Waals surface area contributed by atoms with Gasteiger partial charge in [0.05, 0.1) is 11.2 Å². The van der Waals surface area contributed by atoms with Crippen molar-refractivity contribution in [3.05, 3.63) is 60.7 Å². The predicted molar refractivity (Wildman–Crippen MR) is 91.9 cm³/mol. The number of phenolic OH excluding ortho intramolecular Hbond substituents is 1. The average Bonchev–Trinajstić information content (AvgIpc) is 2.84. The fraction of sp³-hybridized carbons (Fsp3) is 0.0526. The number of phenols is 1. The molecule has 1 aromatic heterocycles. The van der Waals surface area contributed by atoms with Crippen molar-refractivity contribution in [1.29, 1.82) is 0 Å². The molecule has 1 heterocycles. The highest BCUT2D eigenvalue weighted by molar-refractivity contribution is 6.17. The minimum Gasteiger partial charge on any atom is -0.508 e. The van der Waals surface area contributed by atoms with Crippen LogP contribution in [0.2, 0.25) is 0 Å². The Kier molecular flexibility index (Phi) is 2.63. The van der Waals surface area contributed by atoms with E-state index in [2.05, 4.69) is 22.8 Å². The highest BCUT2D eigenvalue weighted by atomic mass is 16.3. The highest BCUT2D eigenvalue weighted by Crippen LogP contribution is 2.39. The van der Waals surface area contributed by atoms with Crippen molar-refractivity contribution >= 4 is 27.5 Å². The number of para-hydroxylation sites is 1. The van der Waals surface area contributed by atoms with Crippen molar-refractivity contribution in [2.24, 2.45) is 7.05 Å². The third-order valence-electron chi connectivity index (χ3n) is 4.26. The van der Waals surface area contributed by atoms with Gasteiger partial charge in [0.1, 0.15) is 5.75 Å². The number of rotatable bonds is 1. The zero-order chi connectivity index (χ0) is 15.3. The standard InChI is InChI=1S/C19H16N2O/c1-21-17-5-3-2-4-15(17)18-14(10-11-16(20)19(18)21)12-6-8-13(22)9-7-12/h2-11,22H,20H2,1H3. The van der Waals surface area contributed by atoms with Gasteiger partial charge in [-0.05, 0) is 35.4 Å². The van der Waals surface area contributed by atoms with Gasteiger partial charge in [0, 0.05) is 23.3 Å². The van der Waals surface area contributed by atoms with E-state index < -0.39 is 0 Å². The van der Waals surface area contributed by atoms with Gasteiger partial charge < -0.3 is 15.4 Å². The second kappa shape index (κ2) is 4.53. The number of fused-ring (bicyclic) bond motifs is 3. The Morgan fingerprint density at radius 2 is 1.64 bits per heavy atom. The van der Waals surface area contributed by atoms with E-state index in [1.54, 1.807) is 12.1 Å². The SMILES string of the molecule is Cn1c2ccccc2c2c(-c3ccc(O)cc3)ccc(N)c21. The average molecular weight is 288 g/mol. The van der Waals surface area contributed by atoms with Crippen LogP contribution < -0.4 is 5.73 Å². The summed E-state index contributed by atoms with van der Waals surface area (Å²) in [4.78, 5) is 0. The molecule has 3 nitrogen and oxygen atoms in total. The summed E-state index contributed by atoms with van der Waals surface area (Å²) in [5.41, 5.74) is 11.4. The Morgan fingerprint density at radius 3 is 2.41 bits per heavy atom. The summed E-state index contributed by atoms with van der Waals surface area (Å²) in [5, 5.41) is 11.9. The molecule has 0 aliphatic heterocycles. The van der Waals surface area contributed by atoms with E-state index in [4.69, 9.17) is 5.73 Å². The first kappa shape index (κ1) is 12.8. The van der Waals surface area contributed by atoms with E-state index in [1.807, 2.05) is 37.4 Å². The molecule has 3 aromatic carbocycles. The van der Waals surface area contributed by atoms with E-state index in [0.29, 0.717) is 0 Å². The summed E-state index contributed by atoms with van der Waals surface area (Å²) in [6.45, 7) is 0. The van der Waals surface area contributed by atoms with Gasteiger partial charge in [-0.3, -0.25) is 0 Å². The molecule has 3 heteroatoms. The molecule has 108 valence electrons. The van der Waals surface area contributed by atoms with Gasteiger partial charge in [-0.15, -0.1) is 0 Å². The maximum atomic E-state index is 9.51. The lowest BCUT2D eigenvalue weighted by atomic mass is 9.98. The maximum absolute atomic E-state index is 9.51. The largest absolute Gasteiger partial charge is 0.508 e. The van der Waals surface area contributed by atoms with E-state index in [1.165, 1.54) is 5.39 Å². The molecule has 0 saturated carbocycles. The molecule has 0 amide bonds. The van der Waals surface area contributed by atoms with Crippen LogP contribution in [-0.4, -0.2) is 9.67 Å². The number of hydrogen-bond acceptors (Lipinski definition) is 2. The lowest BCUT2D eigenvalue weighted by Crippen LogP contribution is -1.93. The van der Waals surface area contributed by atoms with Crippen molar-refractivity contribution in [1.82, 2.24) is 4.57 Å². The Morgan fingerprint density at radius 1 is 0.909 bits per heavy atom. The summed E-state index contributed by atoms with van der Waals surface area (Å²) in [5.74, 6) is 0.272. The Balaban J connectivity index is 2.18. The molecule has 0 unspecified atom stereocenters. The van der Waals surface area contributed by atoms with Crippen LogP contribution in [0, 0.1) is 0 Å². The van der Waals surface area contributed by atoms with Crippen molar-refractivity contribution in [3.63, 3.8) is 0 Å². The second-order valence-corrected chi connectivity index (χ2v) is 5.55. The van der Waals surface area contributed by atoms with Crippen LogP contribution in [0.3, 0.4) is 0 Å². The van der Waals surface area contributed by atoms with Gasteiger partial charge in [-0.25, -0.2) is 0 Å². The first-order valence-electron chi connectivity index (χ1n) is 7.22. The van der Waals surface area contributed by atoms with Crippen LogP contribution in [0.15, 0.2) is 60.7 Å². The number of nitrogens with zero attached hydrogens (tertiary/aromatic N) is 1. The number of aromatic hydroxyl groups is 1. The van der Waals surface area contributed by atoms with Gasteiger partial charge >= 0.3 is 0 Å².